The van der Waals surface area contributed by atoms with Crippen LogP contribution in [0, 0.1) is 0 Å². The van der Waals surface area contributed by atoms with E-state index in [1.54, 1.807) is 0 Å². The first-order valence-corrected chi connectivity index (χ1v) is 14.3. The van der Waals surface area contributed by atoms with Gasteiger partial charge in [0.25, 0.3) is 0 Å². The molecular weight excluding hydrogens is 652 g/mol. The van der Waals surface area contributed by atoms with Crippen LogP contribution in [0.5, 0.6) is 12.0 Å². The van der Waals surface area contributed by atoms with Gasteiger partial charge in [-0.15, -0.1) is 0 Å². The van der Waals surface area contributed by atoms with Gasteiger partial charge in [-0.25, -0.2) is 13.4 Å². The first kappa shape index (κ1) is 40.0. The molecule has 0 aliphatic rings. The van der Waals surface area contributed by atoms with Crippen LogP contribution in [0.3, 0.4) is 0 Å². The number of nitrogens with one attached hydrogen (secondary N) is 5. The zero-order valence-corrected chi connectivity index (χ0v) is 29.1. The standard InChI is InChI=1S/C18H27N13O9S2.2Na/c32-7-3-19-12-26-13(22-6-10-42(35,36)37)29-16(28-12)24-11-1-2-23-17(25-11)38-18-30-14(20-4-8-33)27-15(31-18)21-5-9-41-40-39-34;;/h1-2,32-34H,3-10H2,(H,35,36,37)(H2,20,21,27,30,31)(H3,19,22,23,24,25,26,28,29);;/q;2*+1/p-2. The smallest absolute Gasteiger partial charge is 0.748 e. The Bertz CT molecular complexity index is 1390. The molecule has 0 aliphatic carbocycles. The monoisotopic (exact) mass is 677 g/mol. The maximum Gasteiger partial charge on any atom is 1.00 e. The fourth-order valence-corrected chi connectivity index (χ4v) is 3.33. The maximum absolute atomic E-state index is 10.9. The minimum Gasteiger partial charge on any atom is -0.748 e. The van der Waals surface area contributed by atoms with Crippen LogP contribution in [0.4, 0.5) is 35.6 Å². The third-order valence-electron chi connectivity index (χ3n) is 4.28. The Morgan fingerprint density at radius 1 is 0.773 bits per heavy atom. The summed E-state index contributed by atoms with van der Waals surface area (Å²) in [4.78, 5) is 32.9. The van der Waals surface area contributed by atoms with Crippen LogP contribution in [-0.2, 0) is 19.5 Å². The van der Waals surface area contributed by atoms with Gasteiger partial charge < -0.3 is 51.3 Å². The Morgan fingerprint density at radius 2 is 1.32 bits per heavy atom. The molecule has 0 aromatic carbocycles. The predicted molar refractivity (Wildman–Crippen MR) is 142 cm³/mol. The number of aliphatic hydroxyl groups is 2. The number of nitrogens with zero attached hydrogens (tertiary/aromatic N) is 8. The van der Waals surface area contributed by atoms with Gasteiger partial charge in [-0.2, -0.15) is 39.2 Å². The number of hydrogen-bond acceptors (Lipinski definition) is 23. The van der Waals surface area contributed by atoms with E-state index in [0.29, 0.717) is 5.75 Å². The van der Waals surface area contributed by atoms with Crippen LogP contribution in [0.25, 0.3) is 0 Å². The summed E-state index contributed by atoms with van der Waals surface area (Å²) < 4.78 is 42.5. The molecule has 0 unspecified atom stereocenters. The first-order valence-electron chi connectivity index (χ1n) is 11.8. The summed E-state index contributed by atoms with van der Waals surface area (Å²) in [6.45, 7) is -0.116. The third-order valence-corrected chi connectivity index (χ3v) is 5.50. The Morgan fingerprint density at radius 3 is 1.89 bits per heavy atom. The van der Waals surface area contributed by atoms with Crippen molar-refractivity contribution < 1.29 is 102 Å². The topological polar surface area (TPSA) is 312 Å². The molecule has 0 amide bonds. The quantitative estimate of drug-likeness (QED) is 0.0146. The molecule has 230 valence electrons. The van der Waals surface area contributed by atoms with E-state index in [2.05, 4.69) is 75.8 Å². The summed E-state index contributed by atoms with van der Waals surface area (Å²) in [7, 11) is -4.46. The minimum atomic E-state index is -4.46. The van der Waals surface area contributed by atoms with Crippen molar-refractivity contribution in [2.45, 2.75) is 0 Å². The van der Waals surface area contributed by atoms with E-state index < -0.39 is 15.9 Å². The Labute approximate surface area is 298 Å². The second-order valence-electron chi connectivity index (χ2n) is 7.40. The van der Waals surface area contributed by atoms with Gasteiger partial charge in [0.15, 0.2) is 0 Å². The second-order valence-corrected chi connectivity index (χ2v) is 9.70. The number of aliphatic hydroxyl groups excluding tert-OH is 2. The molecule has 3 rings (SSSR count). The van der Waals surface area contributed by atoms with Crippen molar-refractivity contribution in [1.82, 2.24) is 39.9 Å². The first-order chi connectivity index (χ1) is 20.3. The Kier molecular flexibility index (Phi) is 19.7. The minimum absolute atomic E-state index is 0. The van der Waals surface area contributed by atoms with Gasteiger partial charge in [0, 0.05) is 50.2 Å². The molecule has 0 saturated heterocycles. The maximum atomic E-state index is 10.9. The van der Waals surface area contributed by atoms with Gasteiger partial charge in [-0.1, -0.05) is 0 Å². The molecule has 0 radical (unpaired) electrons. The molecule has 0 fully saturated rings. The van der Waals surface area contributed by atoms with E-state index >= 15 is 0 Å². The van der Waals surface area contributed by atoms with E-state index in [1.807, 2.05) is 0 Å². The fraction of sp³-hybridized carbons (Fsp3) is 0.444. The third kappa shape index (κ3) is 15.8. The van der Waals surface area contributed by atoms with Crippen molar-refractivity contribution in [1.29, 1.82) is 0 Å². The Hall–Kier alpha value is -2.04. The van der Waals surface area contributed by atoms with Crippen LogP contribution in [0.1, 0.15) is 0 Å². The summed E-state index contributed by atoms with van der Waals surface area (Å²) in [5, 5.41) is 45.2. The molecule has 3 aromatic rings. The summed E-state index contributed by atoms with van der Waals surface area (Å²) in [6.07, 6.45) is 1.36. The zero-order chi connectivity index (χ0) is 30.2. The van der Waals surface area contributed by atoms with E-state index in [4.69, 9.17) is 14.9 Å². The summed E-state index contributed by atoms with van der Waals surface area (Å²) in [6, 6.07) is 1.08. The Balaban J connectivity index is 0.00000484. The van der Waals surface area contributed by atoms with Crippen molar-refractivity contribution in [2.24, 2.45) is 0 Å². The SMILES string of the molecule is O=S(=O)([O-])CCNc1nc(NCCO)nc(Nc2ccnc(Oc3nc(NCCO)nc(NCCSOO[O-])n3)n2)n1.[Na+].[Na+]. The molecule has 0 spiro atoms. The molecule has 7 N–H and O–H groups in total. The molecule has 44 heavy (non-hydrogen) atoms. The predicted octanol–water partition coefficient (Wildman–Crippen LogP) is -8.56. The van der Waals surface area contributed by atoms with E-state index in [9.17, 15) is 18.2 Å². The van der Waals surface area contributed by atoms with Gasteiger partial charge in [0.2, 0.25) is 29.7 Å². The number of ether oxygens (including phenoxy) is 1. The number of anilines is 6. The van der Waals surface area contributed by atoms with Crippen LogP contribution in [0.15, 0.2) is 12.3 Å². The number of aromatic nitrogens is 8. The van der Waals surface area contributed by atoms with Gasteiger partial charge in [0.05, 0.1) is 29.1 Å². The molecule has 0 atom stereocenters. The van der Waals surface area contributed by atoms with Crippen molar-refractivity contribution in [2.75, 3.05) is 77.5 Å². The zero-order valence-electron chi connectivity index (χ0n) is 23.5. The molecule has 26 heteroatoms. The number of hydrogen-bond donors (Lipinski definition) is 7. The average molecular weight is 678 g/mol. The molecule has 3 heterocycles. The molecule has 0 saturated carbocycles. The molecule has 0 bridgehead atoms. The number of rotatable bonds is 20. The molecular formula is C18H25N13Na2O9S2. The van der Waals surface area contributed by atoms with Crippen LogP contribution >= 0.6 is 12.0 Å². The van der Waals surface area contributed by atoms with E-state index in [1.165, 1.54) is 12.3 Å². The molecule has 3 aromatic heterocycles. The van der Waals surface area contributed by atoms with Crippen molar-refractivity contribution in [3.05, 3.63) is 12.3 Å². The normalized spacial score (nSPS) is 10.6. The van der Waals surface area contributed by atoms with Gasteiger partial charge in [0.1, 0.15) is 5.82 Å². The largest absolute Gasteiger partial charge is 1.00 e. The van der Waals surface area contributed by atoms with E-state index in [0.717, 1.165) is 12.0 Å². The summed E-state index contributed by atoms with van der Waals surface area (Å²) >= 11 is 0.765. The molecule has 22 nitrogen and oxygen atoms in total. The summed E-state index contributed by atoms with van der Waals surface area (Å²) in [5.74, 6) is -0.0948. The second kappa shape index (κ2) is 21.7. The van der Waals surface area contributed by atoms with Crippen molar-refractivity contribution >= 4 is 57.7 Å². The van der Waals surface area contributed by atoms with Gasteiger partial charge in [-0.05, 0) is 6.07 Å². The van der Waals surface area contributed by atoms with Gasteiger partial charge in [-0.3, -0.25) is 5.04 Å². The van der Waals surface area contributed by atoms with Crippen LogP contribution in [-0.4, -0.2) is 114 Å². The van der Waals surface area contributed by atoms with Crippen molar-refractivity contribution in [3.63, 3.8) is 0 Å². The van der Waals surface area contributed by atoms with E-state index in [-0.39, 0.29) is 146 Å². The van der Waals surface area contributed by atoms with Crippen LogP contribution < -0.4 is 95.7 Å². The van der Waals surface area contributed by atoms with Gasteiger partial charge >= 0.3 is 71.1 Å². The van der Waals surface area contributed by atoms with Crippen molar-refractivity contribution in [3.8, 4) is 12.0 Å². The average Bonchev–Trinajstić information content (AvgIpc) is 2.94. The van der Waals surface area contributed by atoms with Crippen LogP contribution in [0.2, 0.25) is 0 Å². The molecule has 0 aliphatic heterocycles. The summed E-state index contributed by atoms with van der Waals surface area (Å²) in [5.41, 5.74) is 0. The fourth-order valence-electron chi connectivity index (χ4n) is 2.69.